The Hall–Kier alpha value is -1.07. The lowest BCUT2D eigenvalue weighted by Gasteiger charge is -2.16. The molecule has 0 fully saturated rings. The molecule has 0 heterocycles. The highest BCUT2D eigenvalue weighted by Gasteiger charge is 2.26. The molecule has 2 rings (SSSR count). The largest absolute Gasteiger partial charge is 0.395 e. The average molecular weight is 345 g/mol. The monoisotopic (exact) mass is 344 g/mol. The summed E-state index contributed by atoms with van der Waals surface area (Å²) in [4.78, 5) is 0. The highest BCUT2D eigenvalue weighted by molar-refractivity contribution is 7.90. The van der Waals surface area contributed by atoms with Crippen LogP contribution < -0.4 is 0 Å². The van der Waals surface area contributed by atoms with Crippen molar-refractivity contribution < 1.29 is 13.5 Å². The molecular weight excluding hydrogens is 331 g/mol. The molecule has 0 aromatic heterocycles. The lowest BCUT2D eigenvalue weighted by molar-refractivity contribution is 0.291. The number of aliphatic hydroxyl groups is 1. The fourth-order valence-electron chi connectivity index (χ4n) is 2.02. The molecule has 0 saturated carbocycles. The van der Waals surface area contributed by atoms with Gasteiger partial charge in [0.1, 0.15) is 5.25 Å². The highest BCUT2D eigenvalue weighted by Crippen LogP contribution is 2.27. The van der Waals surface area contributed by atoms with Gasteiger partial charge in [0, 0.05) is 10.0 Å². The molecule has 2 aromatic carbocycles. The van der Waals surface area contributed by atoms with Gasteiger partial charge in [0.25, 0.3) is 0 Å². The second kappa shape index (κ2) is 6.79. The second-order valence-electron chi connectivity index (χ2n) is 4.66. The van der Waals surface area contributed by atoms with Crippen LogP contribution in [0.2, 0.25) is 10.0 Å². The third kappa shape index (κ3) is 4.20. The van der Waals surface area contributed by atoms with Crippen molar-refractivity contribution in [2.24, 2.45) is 0 Å². The fourth-order valence-corrected chi connectivity index (χ4v) is 3.93. The zero-order valence-electron chi connectivity index (χ0n) is 11.0. The maximum Gasteiger partial charge on any atom is 0.163 e. The fraction of sp³-hybridized carbons (Fsp3) is 0.200. The molecule has 0 radical (unpaired) electrons. The number of halogens is 2. The van der Waals surface area contributed by atoms with Crippen LogP contribution in [0, 0.1) is 0 Å². The lowest BCUT2D eigenvalue weighted by atomic mass is 10.1. The van der Waals surface area contributed by atoms with Crippen LogP contribution in [0.5, 0.6) is 0 Å². The van der Waals surface area contributed by atoms with E-state index < -0.39 is 21.7 Å². The number of hydrogen-bond acceptors (Lipinski definition) is 3. The Morgan fingerprint density at radius 1 is 0.905 bits per heavy atom. The standard InChI is InChI=1S/C15H14Cl2O3S/c16-13-5-1-11(2-6-13)10-21(19,20)15(9-18)12-3-7-14(17)8-4-12/h1-8,15,18H,9-10H2. The molecule has 2 aromatic rings. The normalized spacial score (nSPS) is 13.1. The second-order valence-corrected chi connectivity index (χ2v) is 7.71. The summed E-state index contributed by atoms with van der Waals surface area (Å²) in [5.74, 6) is -0.155. The van der Waals surface area contributed by atoms with Crippen LogP contribution >= 0.6 is 23.2 Å². The average Bonchev–Trinajstić information content (AvgIpc) is 2.44. The summed E-state index contributed by atoms with van der Waals surface area (Å²) in [6.07, 6.45) is 0. The van der Waals surface area contributed by atoms with Gasteiger partial charge < -0.3 is 5.11 Å². The maximum absolute atomic E-state index is 12.5. The number of rotatable bonds is 5. The first kappa shape index (κ1) is 16.3. The van der Waals surface area contributed by atoms with Gasteiger partial charge >= 0.3 is 0 Å². The molecule has 0 spiro atoms. The third-order valence-corrected chi connectivity index (χ3v) is 5.65. The molecule has 21 heavy (non-hydrogen) atoms. The number of sulfone groups is 1. The van der Waals surface area contributed by atoms with Gasteiger partial charge in [-0.25, -0.2) is 8.42 Å². The molecule has 1 atom stereocenters. The summed E-state index contributed by atoms with van der Waals surface area (Å²) in [7, 11) is -3.54. The Labute approximate surface area is 134 Å². The minimum atomic E-state index is -3.54. The summed E-state index contributed by atoms with van der Waals surface area (Å²) in [6, 6.07) is 13.1. The summed E-state index contributed by atoms with van der Waals surface area (Å²) < 4.78 is 25.0. The Kier molecular flexibility index (Phi) is 5.27. The van der Waals surface area contributed by atoms with Crippen LogP contribution in [0.3, 0.4) is 0 Å². The highest BCUT2D eigenvalue weighted by atomic mass is 35.5. The minimum Gasteiger partial charge on any atom is -0.395 e. The van der Waals surface area contributed by atoms with Gasteiger partial charge in [0.2, 0.25) is 0 Å². The Bertz CT molecular complexity index is 695. The van der Waals surface area contributed by atoms with Gasteiger partial charge in [0.15, 0.2) is 9.84 Å². The summed E-state index contributed by atoms with van der Waals surface area (Å²) in [5.41, 5.74) is 1.16. The molecule has 0 aliphatic heterocycles. The molecule has 1 N–H and O–H groups in total. The Morgan fingerprint density at radius 2 is 1.38 bits per heavy atom. The third-order valence-electron chi connectivity index (χ3n) is 3.12. The smallest absolute Gasteiger partial charge is 0.163 e. The molecule has 0 aliphatic carbocycles. The first-order valence-corrected chi connectivity index (χ1v) is 8.72. The zero-order chi connectivity index (χ0) is 15.5. The van der Waals surface area contributed by atoms with Gasteiger partial charge in [-0.1, -0.05) is 47.5 Å². The van der Waals surface area contributed by atoms with Gasteiger partial charge in [-0.3, -0.25) is 0 Å². The summed E-state index contributed by atoms with van der Waals surface area (Å²) >= 11 is 11.6. The first-order valence-electron chi connectivity index (χ1n) is 6.25. The molecule has 0 amide bonds. The van der Waals surface area contributed by atoms with Crippen LogP contribution in [0.15, 0.2) is 48.5 Å². The molecule has 1 unspecified atom stereocenters. The van der Waals surface area contributed by atoms with Gasteiger partial charge in [-0.15, -0.1) is 0 Å². The number of aliphatic hydroxyl groups excluding tert-OH is 1. The van der Waals surface area contributed by atoms with E-state index in [0.717, 1.165) is 0 Å². The lowest BCUT2D eigenvalue weighted by Crippen LogP contribution is -2.19. The van der Waals surface area contributed by atoms with E-state index in [2.05, 4.69) is 0 Å². The van der Waals surface area contributed by atoms with Crippen LogP contribution in [-0.2, 0) is 15.6 Å². The van der Waals surface area contributed by atoms with Crippen molar-refractivity contribution in [3.63, 3.8) is 0 Å². The Balaban J connectivity index is 2.27. The van der Waals surface area contributed by atoms with Crippen molar-refractivity contribution in [1.29, 1.82) is 0 Å². The van der Waals surface area contributed by atoms with Crippen molar-refractivity contribution in [2.75, 3.05) is 6.61 Å². The van der Waals surface area contributed by atoms with Gasteiger partial charge in [0.05, 0.1) is 12.4 Å². The van der Waals surface area contributed by atoms with Crippen LogP contribution in [-0.4, -0.2) is 20.1 Å². The van der Waals surface area contributed by atoms with E-state index in [1.54, 1.807) is 48.5 Å². The summed E-state index contributed by atoms with van der Waals surface area (Å²) in [6.45, 7) is -0.475. The van der Waals surface area contributed by atoms with E-state index in [-0.39, 0.29) is 5.75 Å². The zero-order valence-corrected chi connectivity index (χ0v) is 13.4. The summed E-state index contributed by atoms with van der Waals surface area (Å²) in [5, 5.41) is 9.57. The number of benzene rings is 2. The first-order chi connectivity index (χ1) is 9.92. The predicted molar refractivity (Wildman–Crippen MR) is 85.4 cm³/mol. The van der Waals surface area contributed by atoms with E-state index >= 15 is 0 Å². The van der Waals surface area contributed by atoms with Gasteiger partial charge in [-0.2, -0.15) is 0 Å². The predicted octanol–water partition coefficient (Wildman–Crippen LogP) is 3.64. The Morgan fingerprint density at radius 3 is 1.86 bits per heavy atom. The molecule has 0 saturated heterocycles. The van der Waals surface area contributed by atoms with E-state index in [1.807, 2.05) is 0 Å². The van der Waals surface area contributed by atoms with Crippen molar-refractivity contribution in [3.8, 4) is 0 Å². The van der Waals surface area contributed by atoms with Gasteiger partial charge in [-0.05, 0) is 35.4 Å². The quantitative estimate of drug-likeness (QED) is 0.900. The minimum absolute atomic E-state index is 0.155. The van der Waals surface area contributed by atoms with Crippen LogP contribution in [0.4, 0.5) is 0 Å². The van der Waals surface area contributed by atoms with E-state index in [0.29, 0.717) is 21.2 Å². The molecule has 0 aliphatic rings. The van der Waals surface area contributed by atoms with E-state index in [4.69, 9.17) is 23.2 Å². The molecule has 3 nitrogen and oxygen atoms in total. The molecule has 6 heteroatoms. The molecule has 0 bridgehead atoms. The van der Waals surface area contributed by atoms with Crippen LogP contribution in [0.1, 0.15) is 16.4 Å². The van der Waals surface area contributed by atoms with Crippen molar-refractivity contribution in [3.05, 3.63) is 69.7 Å². The molecule has 112 valence electrons. The van der Waals surface area contributed by atoms with E-state index in [1.165, 1.54) is 0 Å². The maximum atomic E-state index is 12.5. The topological polar surface area (TPSA) is 54.4 Å². The van der Waals surface area contributed by atoms with Crippen molar-refractivity contribution in [2.45, 2.75) is 11.0 Å². The van der Waals surface area contributed by atoms with Crippen molar-refractivity contribution in [1.82, 2.24) is 0 Å². The number of hydrogen-bond donors (Lipinski definition) is 1. The molecular formula is C15H14Cl2O3S. The van der Waals surface area contributed by atoms with Crippen molar-refractivity contribution >= 4 is 33.0 Å². The van der Waals surface area contributed by atoms with E-state index in [9.17, 15) is 13.5 Å². The SMILES string of the molecule is O=S(=O)(Cc1ccc(Cl)cc1)C(CO)c1ccc(Cl)cc1. The van der Waals surface area contributed by atoms with Crippen LogP contribution in [0.25, 0.3) is 0 Å².